The molecule has 1 N–H and O–H groups in total. The number of nitro benzene ring substituents is 1. The van der Waals surface area contributed by atoms with E-state index in [1.54, 1.807) is 36.4 Å². The van der Waals surface area contributed by atoms with Gasteiger partial charge in [-0.15, -0.1) is 0 Å². The van der Waals surface area contributed by atoms with Gasteiger partial charge in [0, 0.05) is 17.7 Å². The number of non-ortho nitro benzene ring substituents is 1. The molecule has 0 atom stereocenters. The Kier molecular flexibility index (Phi) is 5.02. The second-order valence-corrected chi connectivity index (χ2v) is 5.76. The molecule has 25 heavy (non-hydrogen) atoms. The molecule has 2 aromatic carbocycles. The fourth-order valence-electron chi connectivity index (χ4n) is 2.09. The molecule has 8 heteroatoms. The van der Waals surface area contributed by atoms with Crippen molar-refractivity contribution < 1.29 is 9.34 Å². The highest BCUT2D eigenvalue weighted by Gasteiger charge is 2.10. The second-order valence-electron chi connectivity index (χ2n) is 4.98. The van der Waals surface area contributed by atoms with Gasteiger partial charge in [0.15, 0.2) is 0 Å². The molecule has 3 aromatic rings. The molecule has 0 bridgehead atoms. The molecule has 1 aromatic heterocycles. The largest absolute Gasteiger partial charge is 0.455 e. The van der Waals surface area contributed by atoms with E-state index in [-0.39, 0.29) is 5.69 Å². The minimum absolute atomic E-state index is 0.0172. The third-order valence-electron chi connectivity index (χ3n) is 3.31. The van der Waals surface area contributed by atoms with Crippen LogP contribution < -0.4 is 5.43 Å². The van der Waals surface area contributed by atoms with Crippen LogP contribution in [-0.2, 0) is 0 Å². The Morgan fingerprint density at radius 1 is 1.08 bits per heavy atom. The molecule has 0 amide bonds. The Balaban J connectivity index is 1.70. The zero-order valence-electron chi connectivity index (χ0n) is 12.6. The summed E-state index contributed by atoms with van der Waals surface area (Å²) in [5.41, 5.74) is 4.09. The fourth-order valence-corrected chi connectivity index (χ4v) is 2.48. The van der Waals surface area contributed by atoms with E-state index in [4.69, 9.17) is 27.6 Å². The average Bonchev–Trinajstić information content (AvgIpc) is 3.06. The van der Waals surface area contributed by atoms with E-state index >= 15 is 0 Å². The maximum Gasteiger partial charge on any atom is 0.269 e. The molecule has 0 unspecified atom stereocenters. The summed E-state index contributed by atoms with van der Waals surface area (Å²) in [7, 11) is 0. The van der Waals surface area contributed by atoms with Crippen LogP contribution in [0.2, 0.25) is 10.0 Å². The third-order valence-corrected chi connectivity index (χ3v) is 4.13. The molecule has 0 saturated heterocycles. The summed E-state index contributed by atoms with van der Waals surface area (Å²) in [4.78, 5) is 10.1. The van der Waals surface area contributed by atoms with Crippen LogP contribution in [0.5, 0.6) is 0 Å². The molecule has 0 fully saturated rings. The van der Waals surface area contributed by atoms with Crippen LogP contribution in [0.4, 0.5) is 11.4 Å². The van der Waals surface area contributed by atoms with Crippen molar-refractivity contribution in [2.24, 2.45) is 5.10 Å². The van der Waals surface area contributed by atoms with Crippen molar-refractivity contribution in [3.8, 4) is 11.3 Å². The predicted molar refractivity (Wildman–Crippen MR) is 98.5 cm³/mol. The van der Waals surface area contributed by atoms with E-state index in [0.717, 1.165) is 0 Å². The molecule has 0 radical (unpaired) electrons. The summed E-state index contributed by atoms with van der Waals surface area (Å²) in [6.45, 7) is 0. The topological polar surface area (TPSA) is 80.7 Å². The normalized spacial score (nSPS) is 11.0. The highest BCUT2D eigenvalue weighted by molar-refractivity contribution is 6.43. The van der Waals surface area contributed by atoms with E-state index in [1.165, 1.54) is 18.3 Å². The molecule has 0 spiro atoms. The number of nitrogens with zero attached hydrogens (tertiary/aromatic N) is 2. The van der Waals surface area contributed by atoms with Gasteiger partial charge in [-0.3, -0.25) is 15.5 Å². The molecule has 0 saturated carbocycles. The van der Waals surface area contributed by atoms with E-state index in [0.29, 0.717) is 32.8 Å². The Morgan fingerprint density at radius 3 is 2.56 bits per heavy atom. The van der Waals surface area contributed by atoms with Crippen LogP contribution in [-0.4, -0.2) is 11.1 Å². The van der Waals surface area contributed by atoms with Crippen LogP contribution in [0.1, 0.15) is 5.76 Å². The lowest BCUT2D eigenvalue weighted by Crippen LogP contribution is -1.91. The summed E-state index contributed by atoms with van der Waals surface area (Å²) in [5.74, 6) is 1.09. The van der Waals surface area contributed by atoms with Gasteiger partial charge in [0.05, 0.1) is 26.9 Å². The van der Waals surface area contributed by atoms with Crippen molar-refractivity contribution in [3.05, 3.63) is 80.5 Å². The van der Waals surface area contributed by atoms with Crippen LogP contribution in [0.25, 0.3) is 11.3 Å². The number of nitrogens with one attached hydrogen (secondary N) is 1. The van der Waals surface area contributed by atoms with Gasteiger partial charge >= 0.3 is 0 Å². The van der Waals surface area contributed by atoms with Crippen LogP contribution >= 0.6 is 23.2 Å². The summed E-state index contributed by atoms with van der Waals surface area (Å²) < 4.78 is 5.67. The van der Waals surface area contributed by atoms with E-state index in [2.05, 4.69) is 10.5 Å². The van der Waals surface area contributed by atoms with Crippen molar-refractivity contribution in [1.29, 1.82) is 0 Å². The average molecular weight is 376 g/mol. The van der Waals surface area contributed by atoms with Gasteiger partial charge in [0.2, 0.25) is 0 Å². The van der Waals surface area contributed by atoms with Gasteiger partial charge in [0.1, 0.15) is 11.5 Å². The van der Waals surface area contributed by atoms with E-state index < -0.39 is 4.92 Å². The Bertz CT molecular complexity index is 937. The Hall–Kier alpha value is -2.83. The first-order valence-electron chi connectivity index (χ1n) is 7.12. The van der Waals surface area contributed by atoms with Gasteiger partial charge in [-0.2, -0.15) is 5.10 Å². The predicted octanol–water partition coefficient (Wildman–Crippen LogP) is 5.61. The lowest BCUT2D eigenvalue weighted by atomic mass is 10.2. The first-order valence-corrected chi connectivity index (χ1v) is 7.88. The van der Waals surface area contributed by atoms with Gasteiger partial charge in [-0.25, -0.2) is 0 Å². The molecule has 0 aliphatic heterocycles. The summed E-state index contributed by atoms with van der Waals surface area (Å²) in [6.07, 6.45) is 1.49. The molecule has 0 aliphatic carbocycles. The summed E-state index contributed by atoms with van der Waals surface area (Å²) in [6, 6.07) is 14.7. The van der Waals surface area contributed by atoms with Gasteiger partial charge in [-0.1, -0.05) is 29.3 Å². The SMILES string of the molecule is O=[N+]([O-])c1ccc(NN=Cc2ccc(-c3cccc(Cl)c3Cl)o2)cc1. The number of furan rings is 1. The fraction of sp³-hybridized carbons (Fsp3) is 0. The highest BCUT2D eigenvalue weighted by Crippen LogP contribution is 2.34. The van der Waals surface area contributed by atoms with Crippen molar-refractivity contribution in [3.63, 3.8) is 0 Å². The number of nitro groups is 1. The molecule has 6 nitrogen and oxygen atoms in total. The Labute approximate surface area is 152 Å². The molecule has 1 heterocycles. The summed E-state index contributed by atoms with van der Waals surface area (Å²) >= 11 is 12.2. The molecule has 126 valence electrons. The zero-order valence-corrected chi connectivity index (χ0v) is 14.2. The first kappa shape index (κ1) is 17.0. The molecular formula is C17H11Cl2N3O3. The van der Waals surface area contributed by atoms with Crippen LogP contribution in [0.3, 0.4) is 0 Å². The highest BCUT2D eigenvalue weighted by atomic mass is 35.5. The number of hydrogen-bond donors (Lipinski definition) is 1. The van der Waals surface area contributed by atoms with Gasteiger partial charge in [0.25, 0.3) is 5.69 Å². The quantitative estimate of drug-likeness (QED) is 0.357. The maximum atomic E-state index is 10.6. The molecular weight excluding hydrogens is 365 g/mol. The van der Waals surface area contributed by atoms with Crippen molar-refractivity contribution in [2.45, 2.75) is 0 Å². The number of benzene rings is 2. The van der Waals surface area contributed by atoms with Gasteiger partial charge in [-0.05, 0) is 36.4 Å². The number of rotatable bonds is 5. The monoisotopic (exact) mass is 375 g/mol. The lowest BCUT2D eigenvalue weighted by molar-refractivity contribution is -0.384. The number of anilines is 1. The van der Waals surface area contributed by atoms with Crippen molar-refractivity contribution >= 4 is 40.8 Å². The Morgan fingerprint density at radius 2 is 1.84 bits per heavy atom. The smallest absolute Gasteiger partial charge is 0.269 e. The number of hydrogen-bond acceptors (Lipinski definition) is 5. The molecule has 0 aliphatic rings. The maximum absolute atomic E-state index is 10.6. The number of hydrazone groups is 1. The summed E-state index contributed by atoms with van der Waals surface area (Å²) in [5, 5.41) is 15.5. The second kappa shape index (κ2) is 7.38. The van der Waals surface area contributed by atoms with E-state index in [1.807, 2.05) is 6.07 Å². The lowest BCUT2D eigenvalue weighted by Gasteiger charge is -2.02. The minimum Gasteiger partial charge on any atom is -0.455 e. The third kappa shape index (κ3) is 3.99. The molecule has 3 rings (SSSR count). The van der Waals surface area contributed by atoms with Gasteiger partial charge < -0.3 is 4.42 Å². The standard InChI is InChI=1S/C17H11Cl2N3O3/c18-15-3-1-2-14(17(15)19)16-9-8-13(25-16)10-20-21-11-4-6-12(7-5-11)22(23)24/h1-10,21H. The minimum atomic E-state index is -0.460. The zero-order chi connectivity index (χ0) is 17.8. The van der Waals surface area contributed by atoms with Crippen LogP contribution in [0, 0.1) is 10.1 Å². The van der Waals surface area contributed by atoms with Crippen molar-refractivity contribution in [1.82, 2.24) is 0 Å². The first-order chi connectivity index (χ1) is 12.0. The van der Waals surface area contributed by atoms with Crippen molar-refractivity contribution in [2.75, 3.05) is 5.43 Å². The van der Waals surface area contributed by atoms with Crippen LogP contribution in [0.15, 0.2) is 64.1 Å². The van der Waals surface area contributed by atoms with E-state index in [9.17, 15) is 10.1 Å². The number of halogens is 2.